The Hall–Kier alpha value is -3.16. The highest BCUT2D eigenvalue weighted by molar-refractivity contribution is 6.30. The standard InChI is InChI=1S/C25H27ClN4O3/c1-3-5-10-23-27-24(26)22(16-31)29(23)14-17-11-12-20-18(13-17)15-30(28-20)21-9-7-6-8-19(21)25(32)33-4-2/h6-9,11-13,15,31H,3-5,10,14,16H2,1-2H3. The van der Waals surface area contributed by atoms with Gasteiger partial charge in [-0.15, -0.1) is 0 Å². The van der Waals surface area contributed by atoms with Gasteiger partial charge in [0.25, 0.3) is 0 Å². The molecule has 0 aliphatic carbocycles. The predicted octanol–water partition coefficient (Wildman–Crippen LogP) is 4.94. The molecule has 172 valence electrons. The summed E-state index contributed by atoms with van der Waals surface area (Å²) in [4.78, 5) is 16.8. The van der Waals surface area contributed by atoms with E-state index in [1.54, 1.807) is 17.7 Å². The number of aromatic nitrogens is 4. The first-order valence-corrected chi connectivity index (χ1v) is 11.5. The zero-order chi connectivity index (χ0) is 23.4. The van der Waals surface area contributed by atoms with E-state index in [0.717, 1.165) is 41.6 Å². The Kier molecular flexibility index (Phi) is 7.11. The van der Waals surface area contributed by atoms with Crippen LogP contribution in [0.3, 0.4) is 0 Å². The number of ether oxygens (including phenoxy) is 1. The van der Waals surface area contributed by atoms with E-state index < -0.39 is 0 Å². The van der Waals surface area contributed by atoms with Crippen molar-refractivity contribution in [1.82, 2.24) is 19.3 Å². The third-order valence-corrected chi connectivity index (χ3v) is 5.86. The number of hydrogen-bond donors (Lipinski definition) is 1. The summed E-state index contributed by atoms with van der Waals surface area (Å²) >= 11 is 6.28. The number of nitrogens with zero attached hydrogens (tertiary/aromatic N) is 4. The molecule has 0 radical (unpaired) electrons. The van der Waals surface area contributed by atoms with Gasteiger partial charge in [-0.3, -0.25) is 0 Å². The van der Waals surface area contributed by atoms with Crippen molar-refractivity contribution in [3.05, 3.63) is 76.5 Å². The number of carbonyl (C=O) groups is 1. The number of aliphatic hydroxyl groups is 1. The minimum atomic E-state index is -0.374. The van der Waals surface area contributed by atoms with Gasteiger partial charge in [-0.2, -0.15) is 5.10 Å². The number of hydrogen-bond acceptors (Lipinski definition) is 5. The number of carbonyl (C=O) groups excluding carboxylic acids is 1. The van der Waals surface area contributed by atoms with Crippen LogP contribution in [0.15, 0.2) is 48.7 Å². The van der Waals surface area contributed by atoms with Gasteiger partial charge in [-0.1, -0.05) is 43.1 Å². The highest BCUT2D eigenvalue weighted by Gasteiger charge is 2.17. The number of benzene rings is 2. The zero-order valence-electron chi connectivity index (χ0n) is 18.8. The van der Waals surface area contributed by atoms with E-state index in [0.29, 0.717) is 35.2 Å². The number of unbranched alkanes of at least 4 members (excludes halogenated alkanes) is 1. The zero-order valence-corrected chi connectivity index (χ0v) is 19.5. The second-order valence-corrected chi connectivity index (χ2v) is 8.18. The number of fused-ring (bicyclic) bond motifs is 1. The van der Waals surface area contributed by atoms with E-state index in [1.165, 1.54) is 0 Å². The molecule has 33 heavy (non-hydrogen) atoms. The molecule has 1 N–H and O–H groups in total. The van der Waals surface area contributed by atoms with E-state index in [2.05, 4.69) is 23.1 Å². The number of esters is 1. The lowest BCUT2D eigenvalue weighted by atomic mass is 10.1. The Morgan fingerprint density at radius 1 is 1.18 bits per heavy atom. The monoisotopic (exact) mass is 466 g/mol. The molecular weight excluding hydrogens is 440 g/mol. The summed E-state index contributed by atoms with van der Waals surface area (Å²) < 4.78 is 8.90. The quantitative estimate of drug-likeness (QED) is 0.353. The van der Waals surface area contributed by atoms with Gasteiger partial charge in [0.1, 0.15) is 5.82 Å². The van der Waals surface area contributed by atoms with Crippen LogP contribution in [-0.2, 0) is 24.3 Å². The van der Waals surface area contributed by atoms with Crippen molar-refractivity contribution >= 4 is 28.5 Å². The maximum Gasteiger partial charge on any atom is 0.340 e. The van der Waals surface area contributed by atoms with Gasteiger partial charge in [0.05, 0.1) is 35.7 Å². The van der Waals surface area contributed by atoms with Crippen LogP contribution in [0.4, 0.5) is 0 Å². The van der Waals surface area contributed by atoms with Crippen molar-refractivity contribution in [1.29, 1.82) is 0 Å². The fourth-order valence-electron chi connectivity index (χ4n) is 3.90. The molecule has 2 aromatic heterocycles. The molecule has 7 nitrogen and oxygen atoms in total. The van der Waals surface area contributed by atoms with Crippen LogP contribution < -0.4 is 0 Å². The van der Waals surface area contributed by atoms with Crippen LogP contribution in [-0.4, -0.2) is 37.0 Å². The van der Waals surface area contributed by atoms with Crippen LogP contribution in [0.25, 0.3) is 16.6 Å². The maximum atomic E-state index is 12.4. The number of halogens is 1. The summed E-state index contributed by atoms with van der Waals surface area (Å²) in [6.07, 6.45) is 4.77. The van der Waals surface area contributed by atoms with Crippen molar-refractivity contribution < 1.29 is 14.6 Å². The molecule has 0 saturated carbocycles. The van der Waals surface area contributed by atoms with E-state index in [4.69, 9.17) is 16.3 Å². The molecule has 0 amide bonds. The van der Waals surface area contributed by atoms with Gasteiger partial charge in [0, 0.05) is 24.5 Å². The van der Waals surface area contributed by atoms with Crippen molar-refractivity contribution in [3.63, 3.8) is 0 Å². The highest BCUT2D eigenvalue weighted by Crippen LogP contribution is 2.24. The molecule has 4 aromatic rings. The van der Waals surface area contributed by atoms with Crippen molar-refractivity contribution in [2.45, 2.75) is 46.3 Å². The second-order valence-electron chi connectivity index (χ2n) is 7.82. The van der Waals surface area contributed by atoms with Crippen molar-refractivity contribution in [2.24, 2.45) is 0 Å². The number of aryl methyl sites for hydroxylation is 1. The Bertz CT molecular complexity index is 1280. The number of para-hydroxylation sites is 1. The number of rotatable bonds is 9. The van der Waals surface area contributed by atoms with Gasteiger partial charge in [-0.25, -0.2) is 14.5 Å². The molecule has 0 aliphatic rings. The molecule has 2 aromatic carbocycles. The summed E-state index contributed by atoms with van der Waals surface area (Å²) in [5, 5.41) is 15.8. The minimum Gasteiger partial charge on any atom is -0.462 e. The van der Waals surface area contributed by atoms with E-state index in [9.17, 15) is 9.90 Å². The molecule has 0 saturated heterocycles. The van der Waals surface area contributed by atoms with Crippen molar-refractivity contribution in [2.75, 3.05) is 6.61 Å². The van der Waals surface area contributed by atoms with Gasteiger partial charge in [0.2, 0.25) is 0 Å². The Labute approximate surface area is 197 Å². The van der Waals surface area contributed by atoms with Crippen LogP contribution in [0.2, 0.25) is 5.15 Å². The first kappa shape index (κ1) is 23.0. The van der Waals surface area contributed by atoms with Crippen LogP contribution in [0.5, 0.6) is 0 Å². The molecule has 0 unspecified atom stereocenters. The SMILES string of the molecule is CCCCc1nc(Cl)c(CO)n1Cc1ccc2nn(-c3ccccc3C(=O)OCC)cc2c1. The van der Waals surface area contributed by atoms with Crippen LogP contribution >= 0.6 is 11.6 Å². The summed E-state index contributed by atoms with van der Waals surface area (Å²) in [6.45, 7) is 4.62. The minimum absolute atomic E-state index is 0.164. The lowest BCUT2D eigenvalue weighted by molar-refractivity contribution is 0.0526. The Morgan fingerprint density at radius 3 is 2.76 bits per heavy atom. The fourth-order valence-corrected chi connectivity index (χ4v) is 4.16. The third kappa shape index (κ3) is 4.79. The van der Waals surface area contributed by atoms with E-state index in [1.807, 2.05) is 41.1 Å². The second kappa shape index (κ2) is 10.2. The molecule has 0 spiro atoms. The van der Waals surface area contributed by atoms with E-state index in [-0.39, 0.29) is 12.6 Å². The first-order chi connectivity index (χ1) is 16.0. The molecule has 8 heteroatoms. The first-order valence-electron chi connectivity index (χ1n) is 11.1. The molecule has 2 heterocycles. The summed E-state index contributed by atoms with van der Waals surface area (Å²) in [5.74, 6) is 0.506. The highest BCUT2D eigenvalue weighted by atomic mass is 35.5. The normalized spacial score (nSPS) is 11.3. The molecule has 0 fully saturated rings. The molecule has 0 bridgehead atoms. The van der Waals surface area contributed by atoms with Crippen molar-refractivity contribution in [3.8, 4) is 5.69 Å². The summed E-state index contributed by atoms with van der Waals surface area (Å²) in [7, 11) is 0. The molecular formula is C25H27ClN4O3. The number of aliphatic hydroxyl groups excluding tert-OH is 1. The van der Waals surface area contributed by atoms with E-state index >= 15 is 0 Å². The smallest absolute Gasteiger partial charge is 0.340 e. The fraction of sp³-hybridized carbons (Fsp3) is 0.320. The average Bonchev–Trinajstić information content (AvgIpc) is 3.37. The Morgan fingerprint density at radius 2 is 2.00 bits per heavy atom. The largest absolute Gasteiger partial charge is 0.462 e. The maximum absolute atomic E-state index is 12.4. The Balaban J connectivity index is 1.68. The summed E-state index contributed by atoms with van der Waals surface area (Å²) in [5.41, 5.74) is 3.62. The van der Waals surface area contributed by atoms with Gasteiger partial charge in [0.15, 0.2) is 5.15 Å². The van der Waals surface area contributed by atoms with Crippen LogP contribution in [0, 0.1) is 0 Å². The van der Waals surface area contributed by atoms with Gasteiger partial charge < -0.3 is 14.4 Å². The summed E-state index contributed by atoms with van der Waals surface area (Å²) in [6, 6.07) is 13.3. The van der Waals surface area contributed by atoms with Gasteiger partial charge >= 0.3 is 5.97 Å². The topological polar surface area (TPSA) is 82.2 Å². The molecule has 0 aliphatic heterocycles. The van der Waals surface area contributed by atoms with Gasteiger partial charge in [-0.05, 0) is 43.2 Å². The lowest BCUT2D eigenvalue weighted by Crippen LogP contribution is -2.09. The molecule has 0 atom stereocenters. The predicted molar refractivity (Wildman–Crippen MR) is 128 cm³/mol. The third-order valence-electron chi connectivity index (χ3n) is 5.56. The lowest BCUT2D eigenvalue weighted by Gasteiger charge is -2.11. The average molecular weight is 467 g/mol. The molecule has 4 rings (SSSR count). The number of imidazole rings is 1. The van der Waals surface area contributed by atoms with Crippen LogP contribution in [0.1, 0.15) is 54.1 Å².